The predicted octanol–water partition coefficient (Wildman–Crippen LogP) is 2.52. The van der Waals surface area contributed by atoms with Gasteiger partial charge in [0.25, 0.3) is 11.2 Å². The van der Waals surface area contributed by atoms with Crippen molar-refractivity contribution in [2.45, 2.75) is 32.2 Å². The van der Waals surface area contributed by atoms with E-state index in [0.29, 0.717) is 45.4 Å². The summed E-state index contributed by atoms with van der Waals surface area (Å²) in [6, 6.07) is 9.62. The lowest BCUT2D eigenvalue weighted by Crippen LogP contribution is -2.25. The molecule has 2 aromatic rings. The second-order valence-corrected chi connectivity index (χ2v) is 6.36. The summed E-state index contributed by atoms with van der Waals surface area (Å²) in [7, 11) is 1.60. The average Bonchev–Trinajstić information content (AvgIpc) is 2.72. The second kappa shape index (κ2) is 11.5. The van der Waals surface area contributed by atoms with Gasteiger partial charge in [0, 0.05) is 31.6 Å². The number of nitro groups is 1. The third-order valence-corrected chi connectivity index (χ3v) is 4.20. The van der Waals surface area contributed by atoms with Crippen LogP contribution < -0.4 is 20.3 Å². The first kappa shape index (κ1) is 21.9. The van der Waals surface area contributed by atoms with Crippen molar-refractivity contribution in [3.63, 3.8) is 0 Å². The summed E-state index contributed by atoms with van der Waals surface area (Å²) in [5, 5.41) is 13.6. The van der Waals surface area contributed by atoms with E-state index in [0.717, 1.165) is 11.5 Å². The maximum atomic E-state index is 11.8. The zero-order valence-corrected chi connectivity index (χ0v) is 16.3. The molecule has 0 aliphatic carbocycles. The molecule has 9 nitrogen and oxygen atoms in total. The van der Waals surface area contributed by atoms with Crippen molar-refractivity contribution in [3.05, 3.63) is 63.1 Å². The van der Waals surface area contributed by atoms with Gasteiger partial charge >= 0.3 is 0 Å². The van der Waals surface area contributed by atoms with Gasteiger partial charge in [-0.2, -0.15) is 0 Å². The number of pyridine rings is 1. The SMILES string of the molecule is COc1ccc(OCCCC(=O)NCCCCn2cc([N+](=O)[O-])ccc2=O)cc1. The Labute approximate surface area is 168 Å². The molecule has 0 unspecified atom stereocenters. The highest BCUT2D eigenvalue weighted by atomic mass is 16.6. The first-order valence-electron chi connectivity index (χ1n) is 9.38. The monoisotopic (exact) mass is 403 g/mol. The molecule has 1 N–H and O–H groups in total. The lowest BCUT2D eigenvalue weighted by molar-refractivity contribution is -0.385. The Morgan fingerprint density at radius 2 is 1.83 bits per heavy atom. The van der Waals surface area contributed by atoms with Crippen molar-refractivity contribution < 1.29 is 19.2 Å². The molecule has 1 aromatic carbocycles. The minimum atomic E-state index is -0.533. The molecule has 0 spiro atoms. The molecule has 0 bridgehead atoms. The van der Waals surface area contributed by atoms with Crippen LogP contribution in [0, 0.1) is 10.1 Å². The first-order valence-corrected chi connectivity index (χ1v) is 9.38. The number of carbonyl (C=O) groups excluding carboxylic acids is 1. The van der Waals surface area contributed by atoms with Crippen LogP contribution in [0.2, 0.25) is 0 Å². The number of ether oxygens (including phenoxy) is 2. The van der Waals surface area contributed by atoms with E-state index in [1.54, 1.807) is 7.11 Å². The number of hydrogen-bond acceptors (Lipinski definition) is 6. The summed E-state index contributed by atoms with van der Waals surface area (Å²) in [6.07, 6.45) is 3.50. The van der Waals surface area contributed by atoms with Crippen molar-refractivity contribution in [3.8, 4) is 11.5 Å². The largest absolute Gasteiger partial charge is 0.497 e. The molecule has 156 valence electrons. The van der Waals surface area contributed by atoms with Crippen molar-refractivity contribution in [1.82, 2.24) is 9.88 Å². The maximum absolute atomic E-state index is 11.8. The molecule has 0 aliphatic rings. The number of nitrogens with zero attached hydrogens (tertiary/aromatic N) is 2. The van der Waals surface area contributed by atoms with Gasteiger partial charge in [0.05, 0.1) is 24.8 Å². The highest BCUT2D eigenvalue weighted by Crippen LogP contribution is 2.17. The van der Waals surface area contributed by atoms with E-state index in [4.69, 9.17) is 9.47 Å². The van der Waals surface area contributed by atoms with E-state index in [9.17, 15) is 19.7 Å². The molecular weight excluding hydrogens is 378 g/mol. The average molecular weight is 403 g/mol. The van der Waals surface area contributed by atoms with E-state index in [1.165, 1.54) is 22.9 Å². The molecule has 0 radical (unpaired) electrons. The molecule has 0 fully saturated rings. The zero-order valence-electron chi connectivity index (χ0n) is 16.3. The van der Waals surface area contributed by atoms with Crippen LogP contribution >= 0.6 is 0 Å². The van der Waals surface area contributed by atoms with Gasteiger partial charge in [0.1, 0.15) is 11.5 Å². The number of aromatic nitrogens is 1. The molecule has 29 heavy (non-hydrogen) atoms. The summed E-state index contributed by atoms with van der Waals surface area (Å²) in [6.45, 7) is 1.30. The Morgan fingerprint density at radius 3 is 2.52 bits per heavy atom. The van der Waals surface area contributed by atoms with Crippen LogP contribution in [0.4, 0.5) is 5.69 Å². The van der Waals surface area contributed by atoms with Crippen molar-refractivity contribution >= 4 is 11.6 Å². The normalized spacial score (nSPS) is 10.4. The molecule has 9 heteroatoms. The lowest BCUT2D eigenvalue weighted by atomic mass is 10.2. The third-order valence-electron chi connectivity index (χ3n) is 4.20. The van der Waals surface area contributed by atoms with Crippen LogP contribution in [0.1, 0.15) is 25.7 Å². The van der Waals surface area contributed by atoms with E-state index in [1.807, 2.05) is 24.3 Å². The van der Waals surface area contributed by atoms with Crippen LogP contribution in [0.15, 0.2) is 47.4 Å². The Bertz CT molecular complexity index is 863. The van der Waals surface area contributed by atoms with Crippen LogP contribution in [0.5, 0.6) is 11.5 Å². The van der Waals surface area contributed by atoms with Crippen molar-refractivity contribution in [2.24, 2.45) is 0 Å². The summed E-state index contributed by atoms with van der Waals surface area (Å²) < 4.78 is 12.0. The Kier molecular flexibility index (Phi) is 8.68. The third kappa shape index (κ3) is 7.65. The fourth-order valence-corrected chi connectivity index (χ4v) is 2.62. The first-order chi connectivity index (χ1) is 14.0. The summed E-state index contributed by atoms with van der Waals surface area (Å²) in [4.78, 5) is 33.8. The van der Waals surface area contributed by atoms with Gasteiger partial charge in [-0.1, -0.05) is 0 Å². The minimum absolute atomic E-state index is 0.0594. The van der Waals surface area contributed by atoms with Gasteiger partial charge < -0.3 is 19.4 Å². The minimum Gasteiger partial charge on any atom is -0.497 e. The standard InChI is InChI=1S/C20H25N3O6/c1-28-17-7-9-18(10-8-17)29-14-4-5-19(24)21-12-2-3-13-22-15-16(23(26)27)6-11-20(22)25/h6-11,15H,2-5,12-14H2,1H3,(H,21,24). The van der Waals surface area contributed by atoms with Gasteiger partial charge in [-0.25, -0.2) is 0 Å². The molecule has 2 rings (SSSR count). The number of unbranched alkanes of at least 4 members (excludes halogenated alkanes) is 1. The summed E-state index contributed by atoms with van der Waals surface area (Å²) in [5.41, 5.74) is -0.397. The molecule has 0 aliphatic heterocycles. The van der Waals surface area contributed by atoms with Crippen LogP contribution in [0.3, 0.4) is 0 Å². The predicted molar refractivity (Wildman–Crippen MR) is 107 cm³/mol. The maximum Gasteiger partial charge on any atom is 0.285 e. The number of amides is 1. The van der Waals surface area contributed by atoms with Gasteiger partial charge in [-0.15, -0.1) is 0 Å². The van der Waals surface area contributed by atoms with Crippen molar-refractivity contribution in [2.75, 3.05) is 20.3 Å². The molecule has 1 heterocycles. The quantitative estimate of drug-likeness (QED) is 0.331. The van der Waals surface area contributed by atoms with E-state index >= 15 is 0 Å². The van der Waals surface area contributed by atoms with E-state index in [2.05, 4.69) is 5.32 Å². The lowest BCUT2D eigenvalue weighted by Gasteiger charge is -2.08. The number of methoxy groups -OCH3 is 1. The van der Waals surface area contributed by atoms with Crippen LogP contribution in [0.25, 0.3) is 0 Å². The fourth-order valence-electron chi connectivity index (χ4n) is 2.62. The summed E-state index contributed by atoms with van der Waals surface area (Å²) in [5.74, 6) is 1.42. The highest BCUT2D eigenvalue weighted by Gasteiger charge is 2.07. The Balaban J connectivity index is 1.57. The van der Waals surface area contributed by atoms with Gasteiger partial charge in [0.2, 0.25) is 5.91 Å². The number of aryl methyl sites for hydroxylation is 1. The second-order valence-electron chi connectivity index (χ2n) is 6.36. The van der Waals surface area contributed by atoms with Gasteiger partial charge in [-0.05, 0) is 43.5 Å². The van der Waals surface area contributed by atoms with Crippen LogP contribution in [-0.4, -0.2) is 35.7 Å². The number of nitrogens with one attached hydrogen (secondary N) is 1. The molecule has 0 saturated heterocycles. The zero-order chi connectivity index (χ0) is 21.1. The van der Waals surface area contributed by atoms with Gasteiger partial charge in [0.15, 0.2) is 0 Å². The fraction of sp³-hybridized carbons (Fsp3) is 0.400. The highest BCUT2D eigenvalue weighted by molar-refractivity contribution is 5.75. The molecule has 1 aromatic heterocycles. The smallest absolute Gasteiger partial charge is 0.285 e. The molecule has 0 atom stereocenters. The van der Waals surface area contributed by atoms with Crippen LogP contribution in [-0.2, 0) is 11.3 Å². The molecule has 0 saturated carbocycles. The molecule has 1 amide bonds. The Morgan fingerprint density at radius 1 is 1.10 bits per heavy atom. The number of carbonyl (C=O) groups is 1. The van der Waals surface area contributed by atoms with E-state index in [-0.39, 0.29) is 17.2 Å². The van der Waals surface area contributed by atoms with Crippen molar-refractivity contribution in [1.29, 1.82) is 0 Å². The number of hydrogen-bond donors (Lipinski definition) is 1. The summed E-state index contributed by atoms with van der Waals surface area (Å²) >= 11 is 0. The Hall–Kier alpha value is -3.36. The number of benzene rings is 1. The van der Waals surface area contributed by atoms with Gasteiger partial charge in [-0.3, -0.25) is 19.7 Å². The topological polar surface area (TPSA) is 113 Å². The van der Waals surface area contributed by atoms with E-state index < -0.39 is 4.92 Å². The molecular formula is C20H25N3O6. The number of rotatable bonds is 12.